The summed E-state index contributed by atoms with van der Waals surface area (Å²) in [6.45, 7) is 3.11. The van der Waals surface area contributed by atoms with E-state index in [2.05, 4.69) is 21.5 Å². The van der Waals surface area contributed by atoms with Crippen molar-refractivity contribution in [3.8, 4) is 0 Å². The van der Waals surface area contributed by atoms with E-state index in [1.165, 1.54) is 0 Å². The van der Waals surface area contributed by atoms with E-state index in [1.807, 2.05) is 0 Å². The number of nitrogens with zero attached hydrogens (tertiary/aromatic N) is 3. The second-order valence-electron chi connectivity index (χ2n) is 5.81. The lowest BCUT2D eigenvalue weighted by atomic mass is 10.2. The second-order valence-corrected chi connectivity index (χ2v) is 8.77. The van der Waals surface area contributed by atoms with Crippen LogP contribution >= 0.6 is 6.72 Å². The van der Waals surface area contributed by atoms with Crippen molar-refractivity contribution in [1.82, 2.24) is 19.5 Å². The molecule has 4 rings (SSSR count). The van der Waals surface area contributed by atoms with Crippen LogP contribution in [-0.4, -0.2) is 44.9 Å². The van der Waals surface area contributed by atoms with Gasteiger partial charge in [0, 0.05) is 6.42 Å². The number of fused-ring (bicyclic) bond motifs is 2. The maximum Gasteiger partial charge on any atom is 0.327 e. The van der Waals surface area contributed by atoms with Gasteiger partial charge in [-0.25, -0.2) is 9.97 Å². The molecule has 0 aliphatic carbocycles. The Balaban J connectivity index is 1.58. The summed E-state index contributed by atoms with van der Waals surface area (Å²) in [6.07, 6.45) is 2.84. The predicted molar refractivity (Wildman–Crippen MR) is 92.7 cm³/mol. The Morgan fingerprint density at radius 3 is 3.24 bits per heavy atom. The first-order chi connectivity index (χ1) is 12.0. The highest BCUT2D eigenvalue weighted by Crippen LogP contribution is 2.56. The molecule has 11 heteroatoms. The normalized spacial score (nSPS) is 32.0. The summed E-state index contributed by atoms with van der Waals surface area (Å²) in [6, 6.07) is 0. The Bertz CT molecular complexity index is 928. The van der Waals surface area contributed by atoms with Crippen molar-refractivity contribution in [3.63, 3.8) is 0 Å². The van der Waals surface area contributed by atoms with Gasteiger partial charge in [0.2, 0.25) is 0 Å². The molecule has 1 N–H and O–H groups in total. The molecule has 2 saturated heterocycles. The fraction of sp³-hybridized carbons (Fsp3) is 0.500. The summed E-state index contributed by atoms with van der Waals surface area (Å²) in [5.41, 5.74) is 0.485. The van der Waals surface area contributed by atoms with Crippen LogP contribution < -0.4 is 5.56 Å². The van der Waals surface area contributed by atoms with Crippen LogP contribution in [0.1, 0.15) is 18.5 Å². The Kier molecular flexibility index (Phi) is 4.35. The van der Waals surface area contributed by atoms with Crippen LogP contribution in [0.3, 0.4) is 0 Å². The van der Waals surface area contributed by atoms with Gasteiger partial charge in [0.05, 0.1) is 25.6 Å². The zero-order valence-electron chi connectivity index (χ0n) is 13.5. The van der Waals surface area contributed by atoms with E-state index in [0.717, 1.165) is 0 Å². The van der Waals surface area contributed by atoms with Gasteiger partial charge in [-0.05, 0) is 18.7 Å². The second kappa shape index (κ2) is 6.39. The van der Waals surface area contributed by atoms with Crippen LogP contribution in [0.2, 0.25) is 0 Å². The van der Waals surface area contributed by atoms with Crippen LogP contribution in [0.5, 0.6) is 0 Å². The van der Waals surface area contributed by atoms with Gasteiger partial charge in [0.25, 0.3) is 5.56 Å². The maximum atomic E-state index is 12.0. The molecular weight excluding hydrogens is 367 g/mol. The van der Waals surface area contributed by atoms with E-state index in [4.69, 9.17) is 30.1 Å². The molecular formula is C14H17N4O5PS. The molecule has 0 aromatic carbocycles. The number of imidazole rings is 1. The first-order valence-corrected chi connectivity index (χ1v) is 10.3. The molecule has 2 aliphatic heterocycles. The van der Waals surface area contributed by atoms with Crippen molar-refractivity contribution >= 4 is 29.7 Å². The third-order valence-corrected chi connectivity index (χ3v) is 6.40. The molecule has 0 radical (unpaired) electrons. The van der Waals surface area contributed by atoms with E-state index in [-0.39, 0.29) is 36.1 Å². The van der Waals surface area contributed by atoms with Crippen molar-refractivity contribution in [3.05, 3.63) is 35.2 Å². The van der Waals surface area contributed by atoms with E-state index in [9.17, 15) is 4.79 Å². The SMILES string of the molecule is C=CCOP1(=S)OC[C@H]2O[C@@H](n3cnc4c(=O)[nH]c(C)nc43)CC2O1. The molecule has 2 unspecified atom stereocenters. The largest absolute Gasteiger partial charge is 0.349 e. The fourth-order valence-corrected chi connectivity index (χ4v) is 5.02. The maximum absolute atomic E-state index is 12.0. The Hall–Kier alpha value is -1.42. The predicted octanol–water partition coefficient (Wildman–Crippen LogP) is 1.56. The van der Waals surface area contributed by atoms with Gasteiger partial charge in [-0.3, -0.25) is 9.36 Å². The Labute approximate surface area is 148 Å². The molecule has 9 nitrogen and oxygen atoms in total. The number of nitrogens with one attached hydrogen (secondary N) is 1. The molecule has 4 atom stereocenters. The minimum absolute atomic E-state index is 0.241. The van der Waals surface area contributed by atoms with Crippen molar-refractivity contribution < 1.29 is 18.3 Å². The number of aromatic nitrogens is 4. The van der Waals surface area contributed by atoms with Crippen LogP contribution in [-0.2, 0) is 30.1 Å². The molecule has 0 amide bonds. The van der Waals surface area contributed by atoms with E-state index in [1.54, 1.807) is 23.9 Å². The highest BCUT2D eigenvalue weighted by Gasteiger charge is 2.45. The number of aryl methyl sites for hydroxylation is 1. The zero-order valence-corrected chi connectivity index (χ0v) is 15.2. The lowest BCUT2D eigenvalue weighted by Gasteiger charge is -2.32. The Morgan fingerprint density at radius 2 is 2.44 bits per heavy atom. The molecule has 2 aromatic rings. The average Bonchev–Trinajstić information content (AvgIpc) is 3.16. The van der Waals surface area contributed by atoms with E-state index < -0.39 is 6.72 Å². The van der Waals surface area contributed by atoms with Crippen molar-refractivity contribution in [2.75, 3.05) is 13.2 Å². The molecule has 2 aromatic heterocycles. The van der Waals surface area contributed by atoms with Gasteiger partial charge in [-0.2, -0.15) is 0 Å². The molecule has 2 fully saturated rings. The topological polar surface area (TPSA) is 100 Å². The highest BCUT2D eigenvalue weighted by molar-refractivity contribution is 8.07. The number of rotatable bonds is 4. The van der Waals surface area contributed by atoms with Gasteiger partial charge < -0.3 is 23.3 Å². The molecule has 0 saturated carbocycles. The third kappa shape index (κ3) is 3.10. The van der Waals surface area contributed by atoms with Crippen molar-refractivity contribution in [2.24, 2.45) is 0 Å². The zero-order chi connectivity index (χ0) is 17.6. The van der Waals surface area contributed by atoms with Gasteiger partial charge in [0.15, 0.2) is 11.2 Å². The van der Waals surface area contributed by atoms with E-state index >= 15 is 0 Å². The van der Waals surface area contributed by atoms with Gasteiger partial charge in [-0.15, -0.1) is 6.58 Å². The number of H-pyrrole nitrogens is 1. The average molecular weight is 384 g/mol. The summed E-state index contributed by atoms with van der Waals surface area (Å²) < 4.78 is 24.7. The first kappa shape index (κ1) is 17.0. The third-order valence-electron chi connectivity index (χ3n) is 4.05. The summed E-state index contributed by atoms with van der Waals surface area (Å²) in [7, 11) is 0. The summed E-state index contributed by atoms with van der Waals surface area (Å²) >= 11 is 5.36. The molecule has 4 heterocycles. The lowest BCUT2D eigenvalue weighted by molar-refractivity contribution is -0.0603. The summed E-state index contributed by atoms with van der Waals surface area (Å²) in [4.78, 5) is 23.1. The lowest BCUT2D eigenvalue weighted by Crippen LogP contribution is -2.33. The minimum atomic E-state index is -2.78. The van der Waals surface area contributed by atoms with E-state index in [0.29, 0.717) is 24.5 Å². The van der Waals surface area contributed by atoms with Crippen LogP contribution in [0, 0.1) is 6.92 Å². The molecule has 134 valence electrons. The highest BCUT2D eigenvalue weighted by atomic mass is 32.5. The van der Waals surface area contributed by atoms with Crippen LogP contribution in [0.25, 0.3) is 11.2 Å². The van der Waals surface area contributed by atoms with Crippen LogP contribution in [0.4, 0.5) is 0 Å². The number of hydrogen-bond acceptors (Lipinski definition) is 8. The quantitative estimate of drug-likeness (QED) is 0.626. The van der Waals surface area contributed by atoms with Crippen molar-refractivity contribution in [1.29, 1.82) is 0 Å². The molecule has 0 spiro atoms. The number of hydrogen-bond donors (Lipinski definition) is 1. The van der Waals surface area contributed by atoms with Crippen molar-refractivity contribution in [2.45, 2.75) is 31.8 Å². The smallest absolute Gasteiger partial charge is 0.327 e. The number of aromatic amines is 1. The van der Waals surface area contributed by atoms with Crippen LogP contribution in [0.15, 0.2) is 23.8 Å². The minimum Gasteiger partial charge on any atom is -0.349 e. The fourth-order valence-electron chi connectivity index (χ4n) is 2.95. The summed E-state index contributed by atoms with van der Waals surface area (Å²) in [5, 5.41) is 0. The number of ether oxygens (including phenoxy) is 1. The molecule has 25 heavy (non-hydrogen) atoms. The molecule has 0 bridgehead atoms. The van der Waals surface area contributed by atoms with Gasteiger partial charge in [0.1, 0.15) is 18.2 Å². The summed E-state index contributed by atoms with van der Waals surface area (Å²) in [5.74, 6) is 0.516. The monoisotopic (exact) mass is 384 g/mol. The Morgan fingerprint density at radius 1 is 1.60 bits per heavy atom. The van der Waals surface area contributed by atoms with Gasteiger partial charge >= 0.3 is 6.72 Å². The standard InChI is InChI=1S/C14H17N4O5PS/c1-3-4-20-24(25)21-6-10-9(23-24)5-11(22-10)18-7-15-12-13(18)16-8(2)17-14(12)19/h3,7,9-11H,1,4-6H2,2H3,(H,16,17,19)/t9?,10-,11-,24?/m1/s1. The van der Waals surface area contributed by atoms with Gasteiger partial charge in [-0.1, -0.05) is 6.08 Å². The first-order valence-electron chi connectivity index (χ1n) is 7.76. The molecule has 2 aliphatic rings.